The van der Waals surface area contributed by atoms with E-state index in [1.807, 2.05) is 14.0 Å². The quantitative estimate of drug-likeness (QED) is 0.542. The van der Waals surface area contributed by atoms with Gasteiger partial charge in [-0.25, -0.2) is 0 Å². The van der Waals surface area contributed by atoms with E-state index in [0.717, 1.165) is 13.0 Å². The third kappa shape index (κ3) is 8.01. The van der Waals surface area contributed by atoms with Crippen LogP contribution in [-0.4, -0.2) is 69.2 Å². The maximum absolute atomic E-state index is 9.52. The smallest absolute Gasteiger partial charge is 0.0899 e. The van der Waals surface area contributed by atoms with Gasteiger partial charge in [-0.05, 0) is 20.4 Å². The van der Waals surface area contributed by atoms with E-state index in [1.165, 1.54) is 0 Å². The molecule has 0 rings (SSSR count). The Kier molecular flexibility index (Phi) is 9.86. The first kappa shape index (κ1) is 15.8. The molecule has 0 aromatic carbocycles. The van der Waals surface area contributed by atoms with Crippen LogP contribution in [0, 0.1) is 0 Å². The van der Waals surface area contributed by atoms with Crippen molar-refractivity contribution >= 4 is 0 Å². The number of aliphatic hydroxyl groups excluding tert-OH is 1. The second kappa shape index (κ2) is 9.99. The molecule has 0 saturated carbocycles. The fourth-order valence-corrected chi connectivity index (χ4v) is 1.57. The Morgan fingerprint density at radius 3 is 2.62 bits per heavy atom. The van der Waals surface area contributed by atoms with Gasteiger partial charge in [0.1, 0.15) is 0 Å². The van der Waals surface area contributed by atoms with E-state index < -0.39 is 6.10 Å². The predicted molar refractivity (Wildman–Crippen MR) is 64.5 cm³/mol. The Balaban J connectivity index is 3.65. The Hall–Kier alpha value is -0.200. The zero-order valence-electron chi connectivity index (χ0n) is 10.7. The summed E-state index contributed by atoms with van der Waals surface area (Å²) >= 11 is 0. The van der Waals surface area contributed by atoms with E-state index in [1.54, 1.807) is 7.11 Å². The molecule has 3 N–H and O–H groups in total. The zero-order chi connectivity index (χ0) is 12.4. The fourth-order valence-electron chi connectivity index (χ4n) is 1.57. The molecule has 0 aliphatic heterocycles. The number of nitrogens with two attached hydrogens (primary N) is 1. The molecule has 0 aromatic heterocycles. The van der Waals surface area contributed by atoms with E-state index in [0.29, 0.717) is 26.3 Å². The van der Waals surface area contributed by atoms with Crippen molar-refractivity contribution in [1.29, 1.82) is 0 Å². The van der Waals surface area contributed by atoms with E-state index >= 15 is 0 Å². The summed E-state index contributed by atoms with van der Waals surface area (Å²) in [4.78, 5) is 2.06. The van der Waals surface area contributed by atoms with Crippen molar-refractivity contribution < 1.29 is 14.6 Å². The average molecular weight is 234 g/mol. The highest BCUT2D eigenvalue weighted by atomic mass is 16.5. The third-order valence-corrected chi connectivity index (χ3v) is 2.38. The number of hydrogen-bond acceptors (Lipinski definition) is 5. The highest BCUT2D eigenvalue weighted by Gasteiger charge is 2.11. The van der Waals surface area contributed by atoms with Gasteiger partial charge in [-0.3, -0.25) is 0 Å². The topological polar surface area (TPSA) is 68.0 Å². The van der Waals surface area contributed by atoms with E-state index in [-0.39, 0.29) is 6.10 Å². The van der Waals surface area contributed by atoms with Crippen LogP contribution in [0.1, 0.15) is 13.3 Å². The Morgan fingerprint density at radius 1 is 1.44 bits per heavy atom. The van der Waals surface area contributed by atoms with Gasteiger partial charge in [-0.2, -0.15) is 0 Å². The van der Waals surface area contributed by atoms with Crippen molar-refractivity contribution in [2.45, 2.75) is 25.6 Å². The number of methoxy groups -OCH3 is 1. The molecular formula is C11H26N2O3. The summed E-state index contributed by atoms with van der Waals surface area (Å²) in [5.41, 5.74) is 5.58. The van der Waals surface area contributed by atoms with Crippen molar-refractivity contribution in [2.24, 2.45) is 5.73 Å². The molecule has 2 atom stereocenters. The van der Waals surface area contributed by atoms with E-state index in [4.69, 9.17) is 15.2 Å². The van der Waals surface area contributed by atoms with Crippen LogP contribution in [0.2, 0.25) is 0 Å². The van der Waals surface area contributed by atoms with Crippen LogP contribution in [0.5, 0.6) is 0 Å². The minimum absolute atomic E-state index is 0.118. The molecule has 16 heavy (non-hydrogen) atoms. The van der Waals surface area contributed by atoms with Gasteiger partial charge in [0.25, 0.3) is 0 Å². The molecule has 98 valence electrons. The number of nitrogens with zero attached hydrogens (tertiary/aromatic N) is 1. The number of hydrogen-bond donors (Lipinski definition) is 2. The van der Waals surface area contributed by atoms with Crippen molar-refractivity contribution in [3.8, 4) is 0 Å². The maximum Gasteiger partial charge on any atom is 0.0899 e. The Morgan fingerprint density at radius 2 is 2.12 bits per heavy atom. The molecule has 5 heteroatoms. The third-order valence-electron chi connectivity index (χ3n) is 2.38. The normalized spacial score (nSPS) is 15.4. The second-order valence-electron chi connectivity index (χ2n) is 3.97. The van der Waals surface area contributed by atoms with Crippen molar-refractivity contribution in [1.82, 2.24) is 4.90 Å². The first-order valence-electron chi connectivity index (χ1n) is 5.81. The molecule has 0 radical (unpaired) electrons. The molecule has 0 spiro atoms. The lowest BCUT2D eigenvalue weighted by atomic mass is 10.2. The summed E-state index contributed by atoms with van der Waals surface area (Å²) in [6.45, 7) is 5.05. The number of rotatable bonds is 10. The second-order valence-corrected chi connectivity index (χ2v) is 3.97. The van der Waals surface area contributed by atoms with Gasteiger partial charge < -0.3 is 25.2 Å². The number of ether oxygens (including phenoxy) is 2. The highest BCUT2D eigenvalue weighted by Crippen LogP contribution is 1.99. The molecule has 2 unspecified atom stereocenters. The minimum atomic E-state index is -0.432. The van der Waals surface area contributed by atoms with Crippen LogP contribution in [0.15, 0.2) is 0 Å². The molecule has 0 heterocycles. The van der Waals surface area contributed by atoms with Gasteiger partial charge in [0.2, 0.25) is 0 Å². The lowest BCUT2D eigenvalue weighted by molar-refractivity contribution is 0.0312. The van der Waals surface area contributed by atoms with Crippen LogP contribution in [0.4, 0.5) is 0 Å². The van der Waals surface area contributed by atoms with Gasteiger partial charge in [0.05, 0.1) is 18.8 Å². The van der Waals surface area contributed by atoms with Crippen LogP contribution in [0.25, 0.3) is 0 Å². The van der Waals surface area contributed by atoms with E-state index in [2.05, 4.69) is 4.90 Å². The van der Waals surface area contributed by atoms with Crippen molar-refractivity contribution in [3.63, 3.8) is 0 Å². The predicted octanol–water partition coefficient (Wildman–Crippen LogP) is -0.321. The summed E-state index contributed by atoms with van der Waals surface area (Å²) in [5.74, 6) is 0. The molecule has 0 aliphatic carbocycles. The molecule has 0 amide bonds. The largest absolute Gasteiger partial charge is 0.389 e. The standard InChI is InChI=1S/C11H26N2O3/c1-4-16-11(7-12)5-6-13(2)8-10(14)9-15-3/h10-11,14H,4-9,12H2,1-3H3. The average Bonchev–Trinajstić information content (AvgIpc) is 2.24. The lowest BCUT2D eigenvalue weighted by Crippen LogP contribution is -2.35. The monoisotopic (exact) mass is 234 g/mol. The Labute approximate surface area is 98.5 Å². The summed E-state index contributed by atoms with van der Waals surface area (Å²) < 4.78 is 10.3. The molecule has 5 nitrogen and oxygen atoms in total. The summed E-state index contributed by atoms with van der Waals surface area (Å²) in [6.07, 6.45) is 0.575. The highest BCUT2D eigenvalue weighted by molar-refractivity contribution is 4.65. The maximum atomic E-state index is 9.52. The molecule has 0 saturated heterocycles. The Bertz CT molecular complexity index is 158. The number of likely N-dealkylation sites (N-methyl/N-ethyl adjacent to an activating group) is 1. The van der Waals surface area contributed by atoms with Crippen LogP contribution in [0.3, 0.4) is 0 Å². The molecule has 0 fully saturated rings. The van der Waals surface area contributed by atoms with Crippen molar-refractivity contribution in [2.75, 3.05) is 47.0 Å². The van der Waals surface area contributed by atoms with Gasteiger partial charge >= 0.3 is 0 Å². The molecule has 0 aromatic rings. The minimum Gasteiger partial charge on any atom is -0.389 e. The van der Waals surface area contributed by atoms with Crippen molar-refractivity contribution in [3.05, 3.63) is 0 Å². The SMILES string of the molecule is CCOC(CN)CCN(C)CC(O)COC. The van der Waals surface area contributed by atoms with Gasteiger partial charge in [0.15, 0.2) is 0 Å². The van der Waals surface area contributed by atoms with Crippen LogP contribution in [-0.2, 0) is 9.47 Å². The van der Waals surface area contributed by atoms with Gasteiger partial charge in [-0.15, -0.1) is 0 Å². The summed E-state index contributed by atoms with van der Waals surface area (Å²) in [5, 5.41) is 9.52. The summed E-state index contributed by atoms with van der Waals surface area (Å²) in [7, 11) is 3.56. The van der Waals surface area contributed by atoms with Crippen LogP contribution >= 0.6 is 0 Å². The molecule has 0 bridgehead atoms. The lowest BCUT2D eigenvalue weighted by Gasteiger charge is -2.22. The molecular weight excluding hydrogens is 208 g/mol. The van der Waals surface area contributed by atoms with Gasteiger partial charge in [-0.1, -0.05) is 0 Å². The number of aliphatic hydroxyl groups is 1. The first-order chi connectivity index (χ1) is 7.63. The summed E-state index contributed by atoms with van der Waals surface area (Å²) in [6, 6.07) is 0. The first-order valence-corrected chi connectivity index (χ1v) is 5.81. The van der Waals surface area contributed by atoms with Crippen LogP contribution < -0.4 is 5.73 Å². The fraction of sp³-hybridized carbons (Fsp3) is 1.00. The molecule has 0 aliphatic rings. The van der Waals surface area contributed by atoms with Gasteiger partial charge in [0, 0.05) is 33.4 Å². The van der Waals surface area contributed by atoms with E-state index in [9.17, 15) is 5.11 Å². The zero-order valence-corrected chi connectivity index (χ0v) is 10.7.